The molecule has 1 aromatic carbocycles. The summed E-state index contributed by atoms with van der Waals surface area (Å²) in [5.41, 5.74) is 3.04. The number of H-pyrrole nitrogens is 1. The van der Waals surface area contributed by atoms with Crippen molar-refractivity contribution in [2.45, 2.75) is 46.1 Å². The van der Waals surface area contributed by atoms with Gasteiger partial charge in [-0.3, -0.25) is 14.6 Å². The first-order chi connectivity index (χ1) is 9.27. The molecular formula is C16H22N2O. The van der Waals surface area contributed by atoms with Crippen LogP contribution in [0, 0.1) is 0 Å². The predicted molar refractivity (Wildman–Crippen MR) is 79.4 cm³/mol. The lowest BCUT2D eigenvalue weighted by Crippen LogP contribution is -2.17. The average Bonchev–Trinajstić information content (AvgIpc) is 2.74. The lowest BCUT2D eigenvalue weighted by atomic mass is 10.0. The van der Waals surface area contributed by atoms with Gasteiger partial charge < -0.3 is 0 Å². The van der Waals surface area contributed by atoms with Gasteiger partial charge in [0.15, 0.2) is 0 Å². The number of aryl methyl sites for hydroxylation is 2. The molecule has 1 N–H and O–H groups in total. The molecular weight excluding hydrogens is 236 g/mol. The number of benzene rings is 1. The summed E-state index contributed by atoms with van der Waals surface area (Å²) < 4.78 is 1.76. The summed E-state index contributed by atoms with van der Waals surface area (Å²) in [5, 5.41) is 3.29. The summed E-state index contributed by atoms with van der Waals surface area (Å²) in [4.78, 5) is 12.5. The number of hydrogen-bond acceptors (Lipinski definition) is 1. The van der Waals surface area contributed by atoms with Gasteiger partial charge >= 0.3 is 0 Å². The van der Waals surface area contributed by atoms with E-state index < -0.39 is 0 Å². The van der Waals surface area contributed by atoms with Gasteiger partial charge in [0.1, 0.15) is 0 Å². The first-order valence-electron chi connectivity index (χ1n) is 7.15. The molecule has 2 aromatic rings. The lowest BCUT2D eigenvalue weighted by Gasteiger charge is -2.00. The van der Waals surface area contributed by atoms with Gasteiger partial charge in [0.25, 0.3) is 5.56 Å². The third kappa shape index (κ3) is 2.98. The van der Waals surface area contributed by atoms with Gasteiger partial charge in [-0.2, -0.15) is 0 Å². The zero-order chi connectivity index (χ0) is 13.7. The van der Waals surface area contributed by atoms with Crippen LogP contribution in [0.25, 0.3) is 11.1 Å². The van der Waals surface area contributed by atoms with Gasteiger partial charge in [-0.1, -0.05) is 57.0 Å². The fourth-order valence-electron chi connectivity index (χ4n) is 2.34. The van der Waals surface area contributed by atoms with Gasteiger partial charge in [0.2, 0.25) is 0 Å². The summed E-state index contributed by atoms with van der Waals surface area (Å²) in [6.45, 7) is 5.05. The van der Waals surface area contributed by atoms with E-state index in [2.05, 4.69) is 18.9 Å². The number of rotatable bonds is 6. The largest absolute Gasteiger partial charge is 0.299 e. The van der Waals surface area contributed by atoms with Crippen LogP contribution in [0.1, 0.15) is 38.8 Å². The van der Waals surface area contributed by atoms with E-state index in [-0.39, 0.29) is 5.56 Å². The number of nitrogens with zero attached hydrogens (tertiary/aromatic N) is 1. The van der Waals surface area contributed by atoms with Crippen molar-refractivity contribution in [1.29, 1.82) is 0 Å². The van der Waals surface area contributed by atoms with E-state index >= 15 is 0 Å². The van der Waals surface area contributed by atoms with Crippen LogP contribution < -0.4 is 5.56 Å². The van der Waals surface area contributed by atoms with Gasteiger partial charge in [0, 0.05) is 12.2 Å². The minimum absolute atomic E-state index is 0.114. The van der Waals surface area contributed by atoms with Crippen LogP contribution in [-0.4, -0.2) is 9.78 Å². The van der Waals surface area contributed by atoms with E-state index in [0.29, 0.717) is 0 Å². The maximum atomic E-state index is 12.5. The molecule has 0 aliphatic carbocycles. The molecule has 19 heavy (non-hydrogen) atoms. The van der Waals surface area contributed by atoms with E-state index in [1.165, 1.54) is 0 Å². The Morgan fingerprint density at radius 1 is 1.11 bits per heavy atom. The number of aromatic amines is 1. The van der Waals surface area contributed by atoms with Gasteiger partial charge in [-0.25, -0.2) is 0 Å². The second-order valence-corrected chi connectivity index (χ2v) is 4.89. The predicted octanol–water partition coefficient (Wildman–Crippen LogP) is 3.60. The topological polar surface area (TPSA) is 37.8 Å². The second kappa shape index (κ2) is 6.41. The molecule has 0 aliphatic heterocycles. The monoisotopic (exact) mass is 258 g/mol. The lowest BCUT2D eigenvalue weighted by molar-refractivity contribution is 0.551. The summed E-state index contributed by atoms with van der Waals surface area (Å²) in [7, 11) is 0. The van der Waals surface area contributed by atoms with E-state index in [9.17, 15) is 4.79 Å². The third-order valence-corrected chi connectivity index (χ3v) is 3.33. The van der Waals surface area contributed by atoms with E-state index in [4.69, 9.17) is 0 Å². The maximum Gasteiger partial charge on any atom is 0.274 e. The molecule has 1 heterocycles. The van der Waals surface area contributed by atoms with Crippen molar-refractivity contribution >= 4 is 0 Å². The highest BCUT2D eigenvalue weighted by atomic mass is 16.1. The van der Waals surface area contributed by atoms with Crippen LogP contribution in [0.4, 0.5) is 0 Å². The zero-order valence-corrected chi connectivity index (χ0v) is 11.8. The normalized spacial score (nSPS) is 10.8. The molecule has 0 saturated carbocycles. The van der Waals surface area contributed by atoms with Crippen LogP contribution >= 0.6 is 0 Å². The Balaban J connectivity index is 2.45. The van der Waals surface area contributed by atoms with Crippen molar-refractivity contribution in [2.75, 3.05) is 0 Å². The molecule has 0 amide bonds. The summed E-state index contributed by atoms with van der Waals surface area (Å²) in [6, 6.07) is 9.95. The number of hydrogen-bond donors (Lipinski definition) is 1. The van der Waals surface area contributed by atoms with E-state index in [0.717, 1.165) is 49.0 Å². The molecule has 0 unspecified atom stereocenters. The molecule has 0 fully saturated rings. The second-order valence-electron chi connectivity index (χ2n) is 4.89. The molecule has 2 rings (SSSR count). The Bertz CT molecular complexity index is 566. The summed E-state index contributed by atoms with van der Waals surface area (Å²) in [6.07, 6.45) is 4.07. The molecule has 0 radical (unpaired) electrons. The molecule has 102 valence electrons. The van der Waals surface area contributed by atoms with Crippen molar-refractivity contribution in [1.82, 2.24) is 9.78 Å². The van der Waals surface area contributed by atoms with Crippen molar-refractivity contribution in [3.8, 4) is 11.1 Å². The quantitative estimate of drug-likeness (QED) is 0.844. The average molecular weight is 258 g/mol. The van der Waals surface area contributed by atoms with Crippen LogP contribution in [0.3, 0.4) is 0 Å². The Kier molecular flexibility index (Phi) is 4.61. The van der Waals surface area contributed by atoms with Gasteiger partial charge in [-0.05, 0) is 18.4 Å². The Labute approximate surface area is 114 Å². The van der Waals surface area contributed by atoms with E-state index in [1.807, 2.05) is 30.3 Å². The minimum Gasteiger partial charge on any atom is -0.299 e. The first-order valence-corrected chi connectivity index (χ1v) is 7.15. The Hall–Kier alpha value is -1.77. The minimum atomic E-state index is 0.114. The van der Waals surface area contributed by atoms with Crippen molar-refractivity contribution in [3.63, 3.8) is 0 Å². The van der Waals surface area contributed by atoms with E-state index in [1.54, 1.807) is 4.68 Å². The van der Waals surface area contributed by atoms with Crippen LogP contribution in [0.5, 0.6) is 0 Å². The Morgan fingerprint density at radius 3 is 2.47 bits per heavy atom. The zero-order valence-electron chi connectivity index (χ0n) is 11.8. The van der Waals surface area contributed by atoms with Crippen LogP contribution in [-0.2, 0) is 13.0 Å². The SMILES string of the molecule is CCCCn1[nH]c(CCC)c(-c2ccccc2)c1=O. The first kappa shape index (κ1) is 13.7. The number of aromatic nitrogens is 2. The number of nitrogens with one attached hydrogen (secondary N) is 1. The Morgan fingerprint density at radius 2 is 1.84 bits per heavy atom. The molecule has 0 bridgehead atoms. The van der Waals surface area contributed by atoms with Crippen LogP contribution in [0.15, 0.2) is 35.1 Å². The summed E-state index contributed by atoms with van der Waals surface area (Å²) >= 11 is 0. The van der Waals surface area contributed by atoms with Crippen molar-refractivity contribution in [3.05, 3.63) is 46.4 Å². The molecule has 0 saturated heterocycles. The molecule has 3 nitrogen and oxygen atoms in total. The molecule has 0 atom stereocenters. The summed E-state index contributed by atoms with van der Waals surface area (Å²) in [5.74, 6) is 0. The standard InChI is InChI=1S/C16H22N2O/c1-3-5-12-18-16(19)15(14(17-18)9-4-2)13-10-7-6-8-11-13/h6-8,10-11,17H,3-5,9,12H2,1-2H3. The van der Waals surface area contributed by atoms with Crippen molar-refractivity contribution < 1.29 is 0 Å². The smallest absolute Gasteiger partial charge is 0.274 e. The van der Waals surface area contributed by atoms with Crippen LogP contribution in [0.2, 0.25) is 0 Å². The van der Waals surface area contributed by atoms with Gasteiger partial charge in [-0.15, -0.1) is 0 Å². The molecule has 0 aliphatic rings. The molecule has 3 heteroatoms. The van der Waals surface area contributed by atoms with Crippen molar-refractivity contribution in [2.24, 2.45) is 0 Å². The molecule has 0 spiro atoms. The highest BCUT2D eigenvalue weighted by molar-refractivity contribution is 5.65. The highest BCUT2D eigenvalue weighted by Crippen LogP contribution is 2.20. The highest BCUT2D eigenvalue weighted by Gasteiger charge is 2.14. The fourth-order valence-corrected chi connectivity index (χ4v) is 2.34. The fraction of sp³-hybridized carbons (Fsp3) is 0.438. The number of unbranched alkanes of at least 4 members (excludes halogenated alkanes) is 1. The van der Waals surface area contributed by atoms with Gasteiger partial charge in [0.05, 0.1) is 5.56 Å². The molecule has 1 aromatic heterocycles. The third-order valence-electron chi connectivity index (χ3n) is 3.33. The maximum absolute atomic E-state index is 12.5.